The maximum absolute atomic E-state index is 11.7. The van der Waals surface area contributed by atoms with Gasteiger partial charge in [-0.15, -0.1) is 11.3 Å². The van der Waals surface area contributed by atoms with Crippen LogP contribution in [-0.2, 0) is 0 Å². The van der Waals surface area contributed by atoms with Crippen LogP contribution in [0.15, 0.2) is 42.5 Å². The normalized spacial score (nSPS) is 9.81. The van der Waals surface area contributed by atoms with Gasteiger partial charge in [0, 0.05) is 4.88 Å². The summed E-state index contributed by atoms with van der Waals surface area (Å²) in [7, 11) is 0. The molecule has 0 saturated heterocycles. The van der Waals surface area contributed by atoms with Gasteiger partial charge in [-0.2, -0.15) is 0 Å². The molecule has 1 aromatic carbocycles. The molecule has 2 rings (SSSR count). The number of amides is 1. The number of benzene rings is 1. The van der Waals surface area contributed by atoms with Gasteiger partial charge in [0.15, 0.2) is 0 Å². The van der Waals surface area contributed by atoms with Crippen molar-refractivity contribution < 1.29 is 4.79 Å². The highest BCUT2D eigenvalue weighted by Gasteiger charge is 2.06. The summed E-state index contributed by atoms with van der Waals surface area (Å²) in [6, 6.07) is 13.3. The van der Waals surface area contributed by atoms with Crippen LogP contribution >= 0.6 is 11.3 Å². The summed E-state index contributed by atoms with van der Waals surface area (Å²) < 4.78 is 0. The fourth-order valence-electron chi connectivity index (χ4n) is 1.27. The minimum atomic E-state index is -0.109. The van der Waals surface area contributed by atoms with Crippen molar-refractivity contribution in [3.05, 3.63) is 52.2 Å². The molecule has 2 aromatic rings. The average Bonchev–Trinajstić information content (AvgIpc) is 2.74. The maximum atomic E-state index is 11.7. The molecule has 0 saturated carbocycles. The lowest BCUT2D eigenvalue weighted by Gasteiger charge is -2.06. The molecular formula is C12H12N2OS. The van der Waals surface area contributed by atoms with Crippen molar-refractivity contribution in [1.82, 2.24) is 5.43 Å². The number of anilines is 1. The largest absolute Gasteiger partial charge is 0.298 e. The van der Waals surface area contributed by atoms with Crippen molar-refractivity contribution in [1.29, 1.82) is 0 Å². The standard InChI is InChI=1S/C12H12N2OS/c1-9-7-8-11(16-9)12(15)14-13-10-5-3-2-4-6-10/h2-8,13H,1H3,(H,14,15). The van der Waals surface area contributed by atoms with Crippen LogP contribution in [-0.4, -0.2) is 5.91 Å². The lowest BCUT2D eigenvalue weighted by atomic mass is 10.3. The molecule has 0 bridgehead atoms. The summed E-state index contributed by atoms with van der Waals surface area (Å²) in [5.74, 6) is -0.109. The van der Waals surface area contributed by atoms with Crippen LogP contribution in [0.25, 0.3) is 0 Å². The molecule has 1 heterocycles. The molecular weight excluding hydrogens is 220 g/mol. The molecule has 1 aromatic heterocycles. The first-order valence-corrected chi connectivity index (χ1v) is 5.75. The molecule has 0 unspecified atom stereocenters. The van der Waals surface area contributed by atoms with E-state index in [2.05, 4.69) is 10.9 Å². The molecule has 16 heavy (non-hydrogen) atoms. The third kappa shape index (κ3) is 2.61. The van der Waals surface area contributed by atoms with Gasteiger partial charge in [-0.25, -0.2) is 0 Å². The number of thiophene rings is 1. The van der Waals surface area contributed by atoms with Gasteiger partial charge in [-0.05, 0) is 31.2 Å². The first-order chi connectivity index (χ1) is 7.75. The second-order valence-electron chi connectivity index (χ2n) is 3.36. The number of carbonyl (C=O) groups excluding carboxylic acids is 1. The second kappa shape index (κ2) is 4.81. The molecule has 4 heteroatoms. The lowest BCUT2D eigenvalue weighted by Crippen LogP contribution is -2.28. The van der Waals surface area contributed by atoms with Crippen molar-refractivity contribution in [3.8, 4) is 0 Å². The van der Waals surface area contributed by atoms with E-state index in [1.807, 2.05) is 49.4 Å². The summed E-state index contributed by atoms with van der Waals surface area (Å²) >= 11 is 1.48. The Kier molecular flexibility index (Phi) is 3.22. The Morgan fingerprint density at radius 2 is 1.88 bits per heavy atom. The minimum absolute atomic E-state index is 0.109. The zero-order chi connectivity index (χ0) is 11.4. The number of rotatable bonds is 3. The van der Waals surface area contributed by atoms with E-state index in [4.69, 9.17) is 0 Å². The first kappa shape index (κ1) is 10.7. The van der Waals surface area contributed by atoms with Gasteiger partial charge < -0.3 is 0 Å². The Morgan fingerprint density at radius 3 is 2.50 bits per heavy atom. The zero-order valence-corrected chi connectivity index (χ0v) is 9.67. The zero-order valence-electron chi connectivity index (χ0n) is 8.86. The lowest BCUT2D eigenvalue weighted by molar-refractivity contribution is 0.0966. The van der Waals surface area contributed by atoms with Crippen molar-refractivity contribution in [2.75, 3.05) is 5.43 Å². The SMILES string of the molecule is Cc1ccc(C(=O)NNc2ccccc2)s1. The summed E-state index contributed by atoms with van der Waals surface area (Å²) in [5, 5.41) is 0. The molecule has 0 spiro atoms. The number of para-hydroxylation sites is 1. The van der Waals surface area contributed by atoms with Gasteiger partial charge >= 0.3 is 0 Å². The molecule has 3 nitrogen and oxygen atoms in total. The smallest absolute Gasteiger partial charge is 0.279 e. The van der Waals surface area contributed by atoms with Crippen LogP contribution in [0.1, 0.15) is 14.5 Å². The van der Waals surface area contributed by atoms with Crippen LogP contribution < -0.4 is 10.9 Å². The minimum Gasteiger partial charge on any atom is -0.298 e. The molecule has 82 valence electrons. The first-order valence-electron chi connectivity index (χ1n) is 4.93. The van der Waals surface area contributed by atoms with E-state index in [0.717, 1.165) is 10.6 Å². The van der Waals surface area contributed by atoms with Crippen LogP contribution in [0.5, 0.6) is 0 Å². The van der Waals surface area contributed by atoms with Gasteiger partial charge in [0.1, 0.15) is 0 Å². The monoisotopic (exact) mass is 232 g/mol. The number of carbonyl (C=O) groups is 1. The number of nitrogens with one attached hydrogen (secondary N) is 2. The van der Waals surface area contributed by atoms with Gasteiger partial charge in [0.2, 0.25) is 0 Å². The van der Waals surface area contributed by atoms with E-state index in [-0.39, 0.29) is 5.91 Å². The maximum Gasteiger partial charge on any atom is 0.279 e. The highest BCUT2D eigenvalue weighted by atomic mass is 32.1. The van der Waals surface area contributed by atoms with E-state index >= 15 is 0 Å². The molecule has 0 aliphatic rings. The van der Waals surface area contributed by atoms with Gasteiger partial charge in [-0.3, -0.25) is 15.6 Å². The topological polar surface area (TPSA) is 41.1 Å². The third-order valence-corrected chi connectivity index (χ3v) is 3.06. The highest BCUT2D eigenvalue weighted by molar-refractivity contribution is 7.13. The summed E-state index contributed by atoms with van der Waals surface area (Å²) in [4.78, 5) is 13.5. The predicted octanol–water partition coefficient (Wildman–Crippen LogP) is 2.81. The van der Waals surface area contributed by atoms with E-state index in [9.17, 15) is 4.79 Å². The molecule has 0 aliphatic carbocycles. The second-order valence-corrected chi connectivity index (χ2v) is 4.64. The Bertz CT molecular complexity index is 479. The predicted molar refractivity (Wildman–Crippen MR) is 66.6 cm³/mol. The van der Waals surface area contributed by atoms with E-state index in [1.165, 1.54) is 11.3 Å². The number of hydrogen-bond acceptors (Lipinski definition) is 3. The molecule has 0 radical (unpaired) electrons. The van der Waals surface area contributed by atoms with Gasteiger partial charge in [0.25, 0.3) is 5.91 Å². The fourth-order valence-corrected chi connectivity index (χ4v) is 2.03. The van der Waals surface area contributed by atoms with Crippen LogP contribution in [0.2, 0.25) is 0 Å². The number of hydrazine groups is 1. The quantitative estimate of drug-likeness (QED) is 0.799. The number of aryl methyl sites for hydroxylation is 1. The summed E-state index contributed by atoms with van der Waals surface area (Å²) in [6.07, 6.45) is 0. The van der Waals surface area contributed by atoms with Crippen LogP contribution in [0, 0.1) is 6.92 Å². The summed E-state index contributed by atoms with van der Waals surface area (Å²) in [6.45, 7) is 1.98. The highest BCUT2D eigenvalue weighted by Crippen LogP contribution is 2.14. The van der Waals surface area contributed by atoms with Crippen molar-refractivity contribution in [2.45, 2.75) is 6.92 Å². The Balaban J connectivity index is 1.94. The molecule has 0 atom stereocenters. The van der Waals surface area contributed by atoms with E-state index < -0.39 is 0 Å². The van der Waals surface area contributed by atoms with E-state index in [0.29, 0.717) is 4.88 Å². The Hall–Kier alpha value is -1.81. The fraction of sp³-hybridized carbons (Fsp3) is 0.0833. The van der Waals surface area contributed by atoms with Crippen molar-refractivity contribution in [2.24, 2.45) is 0 Å². The van der Waals surface area contributed by atoms with Crippen LogP contribution in [0.3, 0.4) is 0 Å². The summed E-state index contributed by atoms with van der Waals surface area (Å²) in [5.41, 5.74) is 6.37. The third-order valence-electron chi connectivity index (χ3n) is 2.06. The Morgan fingerprint density at radius 1 is 1.12 bits per heavy atom. The van der Waals surface area contributed by atoms with Crippen molar-refractivity contribution >= 4 is 22.9 Å². The Labute approximate surface area is 98.1 Å². The van der Waals surface area contributed by atoms with Gasteiger partial charge in [0.05, 0.1) is 10.6 Å². The van der Waals surface area contributed by atoms with E-state index in [1.54, 1.807) is 0 Å². The molecule has 0 aliphatic heterocycles. The molecule has 0 fully saturated rings. The average molecular weight is 232 g/mol. The number of hydrogen-bond donors (Lipinski definition) is 2. The molecule has 1 amide bonds. The van der Waals surface area contributed by atoms with Crippen molar-refractivity contribution in [3.63, 3.8) is 0 Å². The van der Waals surface area contributed by atoms with Gasteiger partial charge in [-0.1, -0.05) is 18.2 Å². The molecule has 2 N–H and O–H groups in total. The van der Waals surface area contributed by atoms with Crippen LogP contribution in [0.4, 0.5) is 5.69 Å².